The first-order valence-corrected chi connectivity index (χ1v) is 8.95. The van der Waals surface area contributed by atoms with Crippen LogP contribution >= 0.6 is 0 Å². The Morgan fingerprint density at radius 3 is 2.62 bits per heavy atom. The van der Waals surface area contributed by atoms with E-state index in [4.69, 9.17) is 0 Å². The predicted molar refractivity (Wildman–Crippen MR) is 103 cm³/mol. The van der Waals surface area contributed by atoms with Crippen molar-refractivity contribution in [1.29, 1.82) is 0 Å². The lowest BCUT2D eigenvalue weighted by Gasteiger charge is -2.23. The summed E-state index contributed by atoms with van der Waals surface area (Å²) in [6.07, 6.45) is 2.17. The summed E-state index contributed by atoms with van der Waals surface area (Å²) in [5.74, 6) is 0.0389. The second-order valence-electron chi connectivity index (χ2n) is 7.12. The number of likely N-dealkylation sites (N-methyl/N-ethyl adjacent to an activating group) is 1. The Balaban J connectivity index is 2.22. The van der Waals surface area contributed by atoms with Crippen molar-refractivity contribution in [3.63, 3.8) is 0 Å². The van der Waals surface area contributed by atoms with Crippen LogP contribution in [0.5, 0.6) is 0 Å². The van der Waals surface area contributed by atoms with Gasteiger partial charge in [0.15, 0.2) is 0 Å². The minimum absolute atomic E-state index is 0.0164. The zero-order chi connectivity index (χ0) is 17.9. The number of hydrogen-bond donors (Lipinski definition) is 2. The maximum atomic E-state index is 11.9. The lowest BCUT2D eigenvalue weighted by molar-refractivity contribution is -0.118. The van der Waals surface area contributed by atoms with Gasteiger partial charge >= 0.3 is 0 Å². The number of benzene rings is 1. The molecule has 0 bridgehead atoms. The molecule has 0 saturated carbocycles. The fourth-order valence-electron chi connectivity index (χ4n) is 2.89. The van der Waals surface area contributed by atoms with Crippen LogP contribution in [0.2, 0.25) is 0 Å². The fourth-order valence-corrected chi connectivity index (χ4v) is 2.89. The lowest BCUT2D eigenvalue weighted by Crippen LogP contribution is -2.30. The van der Waals surface area contributed by atoms with Gasteiger partial charge in [0.1, 0.15) is 0 Å². The maximum absolute atomic E-state index is 11.9. The second kappa shape index (κ2) is 7.84. The quantitative estimate of drug-likeness (QED) is 0.793. The van der Waals surface area contributed by atoms with E-state index in [2.05, 4.69) is 55.2 Å². The summed E-state index contributed by atoms with van der Waals surface area (Å²) >= 11 is 0. The molecule has 2 N–H and O–H groups in total. The Morgan fingerprint density at radius 2 is 2.00 bits per heavy atom. The van der Waals surface area contributed by atoms with Crippen molar-refractivity contribution >= 4 is 22.5 Å². The molecule has 0 fully saturated rings. The largest absolute Gasteiger partial charge is 0.358 e. The predicted octanol–water partition coefficient (Wildman–Crippen LogP) is 4.34. The Morgan fingerprint density at radius 1 is 1.29 bits per heavy atom. The Bertz CT molecular complexity index is 702. The summed E-state index contributed by atoms with van der Waals surface area (Å²) < 4.78 is 0. The Labute approximate surface area is 145 Å². The number of amides is 1. The van der Waals surface area contributed by atoms with E-state index < -0.39 is 0 Å². The fraction of sp³-hybridized carbons (Fsp3) is 0.550. The molecule has 1 heterocycles. The third kappa shape index (κ3) is 4.18. The molecule has 0 saturated heterocycles. The number of carbonyl (C=O) groups is 1. The topological polar surface area (TPSA) is 48.1 Å². The Hall–Kier alpha value is -1.81. The highest BCUT2D eigenvalue weighted by atomic mass is 16.1. The van der Waals surface area contributed by atoms with Gasteiger partial charge < -0.3 is 15.2 Å². The van der Waals surface area contributed by atoms with E-state index in [0.717, 1.165) is 30.6 Å². The van der Waals surface area contributed by atoms with Gasteiger partial charge in [-0.25, -0.2) is 0 Å². The van der Waals surface area contributed by atoms with Crippen molar-refractivity contribution in [1.82, 2.24) is 9.88 Å². The highest BCUT2D eigenvalue weighted by molar-refractivity contribution is 5.95. The van der Waals surface area contributed by atoms with Crippen molar-refractivity contribution in [2.24, 2.45) is 5.92 Å². The first-order chi connectivity index (χ1) is 11.3. The molecule has 132 valence electrons. The zero-order valence-corrected chi connectivity index (χ0v) is 15.9. The number of nitrogens with zero attached hydrogens (tertiary/aromatic N) is 1. The molecule has 2 rings (SSSR count). The first kappa shape index (κ1) is 18.5. The van der Waals surface area contributed by atoms with Crippen molar-refractivity contribution < 1.29 is 4.79 Å². The molecule has 1 unspecified atom stereocenters. The summed E-state index contributed by atoms with van der Waals surface area (Å²) in [5, 5.41) is 4.21. The lowest BCUT2D eigenvalue weighted by atomic mass is 10.1. The molecule has 0 aliphatic rings. The van der Waals surface area contributed by atoms with Crippen LogP contribution in [-0.2, 0) is 11.2 Å². The summed E-state index contributed by atoms with van der Waals surface area (Å²) in [7, 11) is 2.19. The van der Waals surface area contributed by atoms with Gasteiger partial charge in [-0.3, -0.25) is 4.79 Å². The van der Waals surface area contributed by atoms with Crippen LogP contribution in [-0.4, -0.2) is 35.4 Å². The van der Waals surface area contributed by atoms with Crippen molar-refractivity contribution in [3.8, 4) is 0 Å². The average molecular weight is 329 g/mol. The molecule has 0 spiro atoms. The monoisotopic (exact) mass is 329 g/mol. The number of aromatic nitrogens is 1. The molecule has 2 aromatic rings. The van der Waals surface area contributed by atoms with Crippen molar-refractivity contribution in [2.45, 2.75) is 53.5 Å². The van der Waals surface area contributed by atoms with Crippen molar-refractivity contribution in [3.05, 3.63) is 29.5 Å². The standard InChI is InChI=1S/C20H31N3O/c1-7-14(4)23(6)11-10-17-15(5)21-19-9-8-16(12-18(17)19)22-20(24)13(2)3/h8-9,12-14,21H,7,10-11H2,1-6H3,(H,22,24). The summed E-state index contributed by atoms with van der Waals surface area (Å²) in [4.78, 5) is 17.8. The Kier molecular flexibility index (Phi) is 6.05. The zero-order valence-electron chi connectivity index (χ0n) is 15.9. The van der Waals surface area contributed by atoms with E-state index in [1.165, 1.54) is 16.6 Å². The highest BCUT2D eigenvalue weighted by Crippen LogP contribution is 2.26. The number of nitrogens with one attached hydrogen (secondary N) is 2. The van der Waals surface area contributed by atoms with Gasteiger partial charge in [-0.1, -0.05) is 20.8 Å². The van der Waals surface area contributed by atoms with E-state index in [1.54, 1.807) is 0 Å². The van der Waals surface area contributed by atoms with E-state index in [1.807, 2.05) is 19.9 Å². The molecule has 1 aromatic heterocycles. The van der Waals surface area contributed by atoms with Crippen LogP contribution in [0.15, 0.2) is 18.2 Å². The summed E-state index contributed by atoms with van der Waals surface area (Å²) in [6.45, 7) is 11.5. The number of fused-ring (bicyclic) bond motifs is 1. The molecule has 0 aliphatic carbocycles. The molecular weight excluding hydrogens is 298 g/mol. The minimum atomic E-state index is -0.0164. The number of H-pyrrole nitrogens is 1. The van der Waals surface area contributed by atoms with Crippen molar-refractivity contribution in [2.75, 3.05) is 18.9 Å². The van der Waals surface area contributed by atoms with E-state index in [0.29, 0.717) is 6.04 Å². The number of rotatable bonds is 7. The van der Waals surface area contributed by atoms with Gasteiger partial charge in [0, 0.05) is 40.8 Å². The second-order valence-corrected chi connectivity index (χ2v) is 7.12. The van der Waals surface area contributed by atoms with Crippen LogP contribution in [0.1, 0.15) is 45.4 Å². The van der Waals surface area contributed by atoms with E-state index in [-0.39, 0.29) is 11.8 Å². The number of anilines is 1. The van der Waals surface area contributed by atoms with Gasteiger partial charge in [0.25, 0.3) is 0 Å². The third-order valence-electron chi connectivity index (χ3n) is 4.97. The normalized spacial score (nSPS) is 13.0. The first-order valence-electron chi connectivity index (χ1n) is 8.95. The number of carbonyl (C=O) groups excluding carboxylic acids is 1. The number of aromatic amines is 1. The molecule has 1 amide bonds. The molecule has 4 nitrogen and oxygen atoms in total. The molecule has 1 atom stereocenters. The summed E-state index contributed by atoms with van der Waals surface area (Å²) in [5.41, 5.74) is 4.57. The molecule has 24 heavy (non-hydrogen) atoms. The average Bonchev–Trinajstić information content (AvgIpc) is 2.86. The third-order valence-corrected chi connectivity index (χ3v) is 4.97. The molecular formula is C20H31N3O. The highest BCUT2D eigenvalue weighted by Gasteiger charge is 2.13. The summed E-state index contributed by atoms with van der Waals surface area (Å²) in [6, 6.07) is 6.71. The SMILES string of the molecule is CCC(C)N(C)CCc1c(C)[nH]c2ccc(NC(=O)C(C)C)cc12. The van der Waals surface area contributed by atoms with Gasteiger partial charge in [-0.05, 0) is 57.5 Å². The van der Waals surface area contributed by atoms with Gasteiger partial charge in [0.05, 0.1) is 0 Å². The molecule has 0 radical (unpaired) electrons. The molecule has 0 aliphatic heterocycles. The van der Waals surface area contributed by atoms with Gasteiger partial charge in [-0.15, -0.1) is 0 Å². The van der Waals surface area contributed by atoms with Crippen LogP contribution in [0.25, 0.3) is 10.9 Å². The van der Waals surface area contributed by atoms with Crippen LogP contribution in [0.3, 0.4) is 0 Å². The van der Waals surface area contributed by atoms with Gasteiger partial charge in [-0.2, -0.15) is 0 Å². The van der Waals surface area contributed by atoms with Crippen LogP contribution in [0.4, 0.5) is 5.69 Å². The minimum Gasteiger partial charge on any atom is -0.358 e. The molecule has 1 aromatic carbocycles. The number of aryl methyl sites for hydroxylation is 1. The van der Waals surface area contributed by atoms with Gasteiger partial charge in [0.2, 0.25) is 5.91 Å². The van der Waals surface area contributed by atoms with Crippen LogP contribution < -0.4 is 5.32 Å². The number of hydrogen-bond acceptors (Lipinski definition) is 2. The van der Waals surface area contributed by atoms with E-state index >= 15 is 0 Å². The van der Waals surface area contributed by atoms with E-state index in [9.17, 15) is 4.79 Å². The van der Waals surface area contributed by atoms with Crippen LogP contribution in [0, 0.1) is 12.8 Å². The molecule has 4 heteroatoms. The maximum Gasteiger partial charge on any atom is 0.226 e. The smallest absolute Gasteiger partial charge is 0.226 e.